The molecule has 2 aromatic heterocycles. The lowest BCUT2D eigenvalue weighted by atomic mass is 10.0. The number of fused-ring (bicyclic) bond motifs is 2. The third-order valence-corrected chi connectivity index (χ3v) is 11.9. The number of nitrogens with one attached hydrogen (secondary N) is 4. The number of benzene rings is 2. The second kappa shape index (κ2) is 14.2. The van der Waals surface area contributed by atoms with E-state index in [0.717, 1.165) is 71.0 Å². The normalized spacial score (nSPS) is 24.6. The highest BCUT2D eigenvalue weighted by molar-refractivity contribution is 5.88. The molecule has 0 bridgehead atoms. The summed E-state index contributed by atoms with van der Waals surface area (Å²) >= 11 is 0. The van der Waals surface area contributed by atoms with Gasteiger partial charge in [0.25, 0.3) is 0 Å². The Morgan fingerprint density at radius 3 is 1.45 bits per heavy atom. The number of carbonyl (C=O) groups is 4. The largest absolute Gasteiger partial charge is 0.465 e. The molecule has 0 unspecified atom stereocenters. The first-order valence-electron chi connectivity index (χ1n) is 19.2. The zero-order valence-corrected chi connectivity index (χ0v) is 31.7. The molecule has 14 nitrogen and oxygen atoms in total. The Morgan fingerprint density at radius 2 is 1.07 bits per heavy atom. The van der Waals surface area contributed by atoms with Crippen LogP contribution in [0.25, 0.3) is 33.6 Å². The van der Waals surface area contributed by atoms with Gasteiger partial charge in [-0.1, -0.05) is 76.2 Å². The fraction of sp³-hybridized carbons (Fsp3) is 0.463. The van der Waals surface area contributed by atoms with Crippen LogP contribution in [-0.4, -0.2) is 90.1 Å². The summed E-state index contributed by atoms with van der Waals surface area (Å²) < 4.78 is 4.79. The number of aromatic amines is 2. The second-order valence-electron chi connectivity index (χ2n) is 16.2. The van der Waals surface area contributed by atoms with E-state index in [9.17, 15) is 24.3 Å². The number of piperidine rings is 2. The highest BCUT2D eigenvalue weighted by Gasteiger charge is 2.57. The first-order valence-corrected chi connectivity index (χ1v) is 19.2. The molecule has 288 valence electrons. The van der Waals surface area contributed by atoms with Crippen molar-refractivity contribution in [3.63, 3.8) is 0 Å². The average Bonchev–Trinajstić information content (AvgIpc) is 3.76. The molecule has 55 heavy (non-hydrogen) atoms. The van der Waals surface area contributed by atoms with Crippen LogP contribution in [0, 0.1) is 23.7 Å². The van der Waals surface area contributed by atoms with E-state index in [1.807, 2.05) is 55.8 Å². The third kappa shape index (κ3) is 6.94. The number of alkyl carbamates (subject to hydrolysis) is 1. The van der Waals surface area contributed by atoms with Gasteiger partial charge in [0.15, 0.2) is 0 Å². The Hall–Kier alpha value is -5.66. The Kier molecular flexibility index (Phi) is 9.38. The van der Waals surface area contributed by atoms with Gasteiger partial charge in [0, 0.05) is 12.1 Å². The van der Waals surface area contributed by atoms with Crippen molar-refractivity contribution < 1.29 is 29.0 Å². The van der Waals surface area contributed by atoms with Crippen molar-refractivity contribution in [2.24, 2.45) is 23.7 Å². The molecule has 4 heterocycles. The number of carbonyl (C=O) groups excluding carboxylic acids is 3. The Morgan fingerprint density at radius 1 is 0.673 bits per heavy atom. The average molecular weight is 749 g/mol. The van der Waals surface area contributed by atoms with Crippen LogP contribution >= 0.6 is 0 Å². The maximum absolute atomic E-state index is 13.8. The zero-order valence-electron chi connectivity index (χ0n) is 31.7. The topological polar surface area (TPSA) is 186 Å². The molecule has 4 aromatic rings. The van der Waals surface area contributed by atoms with E-state index in [2.05, 4.69) is 62.0 Å². The van der Waals surface area contributed by atoms with Crippen LogP contribution in [0.1, 0.15) is 77.1 Å². The number of ether oxygens (including phenoxy) is 1. The van der Waals surface area contributed by atoms with Crippen molar-refractivity contribution >= 4 is 24.0 Å². The van der Waals surface area contributed by atoms with Crippen molar-refractivity contribution in [2.45, 2.75) is 89.6 Å². The second-order valence-corrected chi connectivity index (χ2v) is 16.2. The van der Waals surface area contributed by atoms with Gasteiger partial charge in [-0.2, -0.15) is 0 Å². The minimum absolute atomic E-state index is 0.0999. The minimum Gasteiger partial charge on any atom is -0.465 e. The zero-order chi connectivity index (χ0) is 38.7. The lowest BCUT2D eigenvalue weighted by molar-refractivity contribution is -0.137. The van der Waals surface area contributed by atoms with Crippen LogP contribution in [-0.2, 0) is 14.3 Å². The summed E-state index contributed by atoms with van der Waals surface area (Å²) in [6, 6.07) is 14.9. The molecule has 8 rings (SSSR count). The summed E-state index contributed by atoms with van der Waals surface area (Å²) in [5.74, 6) is 1.75. The number of hydrogen-bond donors (Lipinski definition) is 5. The Bertz CT molecular complexity index is 2090. The minimum atomic E-state index is -1.20. The van der Waals surface area contributed by atoms with Gasteiger partial charge in [-0.25, -0.2) is 19.6 Å². The molecule has 4 amide bonds. The summed E-state index contributed by atoms with van der Waals surface area (Å²) in [6.07, 6.45) is 5.36. The molecular weight excluding hydrogens is 701 g/mol. The van der Waals surface area contributed by atoms with Gasteiger partial charge in [0.2, 0.25) is 11.8 Å². The SMILES string of the molecule is COC(=O)N[C@@H](C(=O)N1[C@H](c2ncc(-c3ccc(-c4ccc(-c5cnc([C@@H]6C[C@@H]7C[C@@H]7N6C(=O)[C@H](NC(=O)O)C(C)C)[nH]5)cc4)cc3)[nH]2)C[C@H]2C[C@@H]21)C(C)C. The number of methoxy groups -OCH3 is 1. The highest BCUT2D eigenvalue weighted by Crippen LogP contribution is 2.54. The fourth-order valence-electron chi connectivity index (χ4n) is 8.69. The third-order valence-electron chi connectivity index (χ3n) is 11.9. The molecule has 2 aromatic carbocycles. The molecule has 4 fully saturated rings. The summed E-state index contributed by atoms with van der Waals surface area (Å²) in [4.78, 5) is 70.9. The van der Waals surface area contributed by atoms with E-state index in [1.165, 1.54) is 7.11 Å². The molecule has 5 N–H and O–H groups in total. The number of nitrogens with zero attached hydrogens (tertiary/aromatic N) is 4. The van der Waals surface area contributed by atoms with Crippen molar-refractivity contribution in [3.8, 4) is 33.6 Å². The molecular formula is C41H48N8O6. The van der Waals surface area contributed by atoms with Crippen LogP contribution < -0.4 is 10.6 Å². The summed E-state index contributed by atoms with van der Waals surface area (Å²) in [5.41, 5.74) is 5.77. The molecule has 0 radical (unpaired) electrons. The van der Waals surface area contributed by atoms with Gasteiger partial charge in [-0.05, 0) is 71.6 Å². The number of aromatic nitrogens is 4. The monoisotopic (exact) mass is 748 g/mol. The van der Waals surface area contributed by atoms with Crippen molar-refractivity contribution in [2.75, 3.05) is 7.11 Å². The Balaban J connectivity index is 0.933. The predicted octanol–water partition coefficient (Wildman–Crippen LogP) is 6.13. The molecule has 0 spiro atoms. The number of likely N-dealkylation sites (tertiary alicyclic amines) is 2. The van der Waals surface area contributed by atoms with Crippen LogP contribution in [0.3, 0.4) is 0 Å². The molecule has 14 heteroatoms. The summed E-state index contributed by atoms with van der Waals surface area (Å²) in [7, 11) is 1.30. The molecule has 4 aliphatic rings. The predicted molar refractivity (Wildman–Crippen MR) is 203 cm³/mol. The van der Waals surface area contributed by atoms with Crippen LogP contribution in [0.5, 0.6) is 0 Å². The van der Waals surface area contributed by atoms with Gasteiger partial charge >= 0.3 is 12.2 Å². The van der Waals surface area contributed by atoms with E-state index in [1.54, 1.807) is 6.20 Å². The van der Waals surface area contributed by atoms with E-state index < -0.39 is 24.3 Å². The van der Waals surface area contributed by atoms with E-state index in [4.69, 9.17) is 9.72 Å². The summed E-state index contributed by atoms with van der Waals surface area (Å²) in [6.45, 7) is 7.53. The van der Waals surface area contributed by atoms with Crippen molar-refractivity contribution in [3.05, 3.63) is 72.6 Å². The van der Waals surface area contributed by atoms with Crippen molar-refractivity contribution in [1.29, 1.82) is 0 Å². The van der Waals surface area contributed by atoms with Gasteiger partial charge < -0.3 is 40.2 Å². The maximum Gasteiger partial charge on any atom is 0.407 e. The number of rotatable bonds is 11. The lowest BCUT2D eigenvalue weighted by Gasteiger charge is -2.31. The van der Waals surface area contributed by atoms with Crippen LogP contribution in [0.15, 0.2) is 60.9 Å². The first kappa shape index (κ1) is 36.3. The number of amides is 4. The summed E-state index contributed by atoms with van der Waals surface area (Å²) in [5, 5.41) is 14.5. The van der Waals surface area contributed by atoms with Gasteiger partial charge in [0.1, 0.15) is 23.7 Å². The van der Waals surface area contributed by atoms with Crippen molar-refractivity contribution in [1.82, 2.24) is 40.4 Å². The quantitative estimate of drug-likeness (QED) is 0.121. The van der Waals surface area contributed by atoms with E-state index in [-0.39, 0.29) is 47.8 Å². The molecule has 2 saturated heterocycles. The van der Waals surface area contributed by atoms with Gasteiger partial charge in [-0.3, -0.25) is 9.59 Å². The number of carboxylic acid groups (broad SMARTS) is 1. The van der Waals surface area contributed by atoms with Crippen LogP contribution in [0.2, 0.25) is 0 Å². The fourth-order valence-corrected chi connectivity index (χ4v) is 8.69. The maximum atomic E-state index is 13.8. The molecule has 8 atom stereocenters. The first-order chi connectivity index (χ1) is 26.4. The Labute approximate surface area is 319 Å². The molecule has 2 saturated carbocycles. The molecule has 2 aliphatic carbocycles. The smallest absolute Gasteiger partial charge is 0.407 e. The number of H-pyrrole nitrogens is 2. The van der Waals surface area contributed by atoms with Gasteiger partial charge in [-0.15, -0.1) is 0 Å². The number of imidazole rings is 2. The van der Waals surface area contributed by atoms with Crippen LogP contribution in [0.4, 0.5) is 9.59 Å². The standard InChI is InChI=1S/C41H48N8O6/c1-20(2)34(46-40(52)53)38(50)48-30-14-26(30)16-32(48)36-42-18-28(44-36)24-10-6-22(7-11-24)23-8-12-25(13-9-23)29-19-43-37(45-29)33-17-27-15-31(27)49(33)39(51)35(21(3)4)47-41(54)55-5/h6-13,18-21,26-27,30-35,46H,14-17H2,1-5H3,(H,42,44)(H,43,45)(H,47,54)(H,52,53)/t26-,27+,30-,31-,32-,33-,34+,35+/m0/s1. The molecule has 2 aliphatic heterocycles. The van der Waals surface area contributed by atoms with E-state index in [0.29, 0.717) is 11.8 Å². The highest BCUT2D eigenvalue weighted by atomic mass is 16.5. The van der Waals surface area contributed by atoms with E-state index >= 15 is 0 Å². The van der Waals surface area contributed by atoms with Gasteiger partial charge in [0.05, 0.1) is 43.0 Å². The lowest BCUT2D eigenvalue weighted by Crippen LogP contribution is -2.52. The number of hydrogen-bond acceptors (Lipinski definition) is 7.